The summed E-state index contributed by atoms with van der Waals surface area (Å²) in [6.45, 7) is 7.30. The van der Waals surface area contributed by atoms with E-state index in [-0.39, 0.29) is 6.04 Å². The summed E-state index contributed by atoms with van der Waals surface area (Å²) in [5.74, 6) is 2.29. The van der Waals surface area contributed by atoms with E-state index in [1.54, 1.807) is 14.2 Å². The Morgan fingerprint density at radius 1 is 1.14 bits per heavy atom. The van der Waals surface area contributed by atoms with Gasteiger partial charge >= 0.3 is 0 Å². The number of nitrogens with two attached hydrogens (primary N) is 1. The zero-order chi connectivity index (χ0) is 16.0. The van der Waals surface area contributed by atoms with E-state index < -0.39 is 0 Å². The van der Waals surface area contributed by atoms with Crippen molar-refractivity contribution >= 4 is 0 Å². The molecular weight excluding hydrogens is 264 g/mol. The number of hydrogen-bond donors (Lipinski definition) is 1. The Morgan fingerprint density at radius 3 is 2.29 bits per heavy atom. The molecule has 120 valence electrons. The molecule has 4 nitrogen and oxygen atoms in total. The number of hydrogen-bond acceptors (Lipinski definition) is 4. The fraction of sp³-hybridized carbons (Fsp3) is 0.647. The van der Waals surface area contributed by atoms with Gasteiger partial charge < -0.3 is 15.2 Å². The van der Waals surface area contributed by atoms with E-state index in [4.69, 9.17) is 15.2 Å². The predicted molar refractivity (Wildman–Crippen MR) is 88.0 cm³/mol. The second-order valence-corrected chi connectivity index (χ2v) is 6.00. The minimum atomic E-state index is 0.139. The van der Waals surface area contributed by atoms with Crippen LogP contribution in [0.15, 0.2) is 18.2 Å². The summed E-state index contributed by atoms with van der Waals surface area (Å²) in [6.07, 6.45) is 1.14. The van der Waals surface area contributed by atoms with Crippen LogP contribution in [-0.2, 0) is 0 Å². The third-order valence-electron chi connectivity index (χ3n) is 4.02. The Labute approximate surface area is 129 Å². The highest BCUT2D eigenvalue weighted by molar-refractivity contribution is 5.42. The Bertz CT molecular complexity index is 435. The van der Waals surface area contributed by atoms with Gasteiger partial charge in [-0.1, -0.05) is 19.9 Å². The van der Waals surface area contributed by atoms with Crippen molar-refractivity contribution in [1.29, 1.82) is 0 Å². The minimum absolute atomic E-state index is 0.139. The molecule has 0 aromatic heterocycles. The molecule has 2 unspecified atom stereocenters. The van der Waals surface area contributed by atoms with Crippen LogP contribution in [0.4, 0.5) is 0 Å². The number of likely N-dealkylation sites (N-methyl/N-ethyl adjacent to an activating group) is 1. The summed E-state index contributed by atoms with van der Waals surface area (Å²) in [7, 11) is 5.48. The highest BCUT2D eigenvalue weighted by Gasteiger charge is 2.24. The molecule has 2 N–H and O–H groups in total. The number of rotatable bonds is 8. The molecule has 1 aromatic rings. The monoisotopic (exact) mass is 294 g/mol. The standard InChI is InChI=1S/C17H30N2O2/c1-12(2)9-13(3)19(4)16(11-18)15-8-7-14(20-5)10-17(15)21-6/h7-8,10,12-13,16H,9,11,18H2,1-6H3. The van der Waals surface area contributed by atoms with Gasteiger partial charge in [0.15, 0.2) is 0 Å². The van der Waals surface area contributed by atoms with Gasteiger partial charge in [-0.05, 0) is 32.4 Å². The lowest BCUT2D eigenvalue weighted by Gasteiger charge is -2.34. The molecule has 0 aliphatic heterocycles. The lowest BCUT2D eigenvalue weighted by molar-refractivity contribution is 0.166. The van der Waals surface area contributed by atoms with Gasteiger partial charge in [-0.25, -0.2) is 0 Å². The maximum absolute atomic E-state index is 6.04. The summed E-state index contributed by atoms with van der Waals surface area (Å²) in [5.41, 5.74) is 7.15. The first-order chi connectivity index (χ1) is 9.94. The molecular formula is C17H30N2O2. The molecule has 0 saturated heterocycles. The quantitative estimate of drug-likeness (QED) is 0.800. The second kappa shape index (κ2) is 8.25. The summed E-state index contributed by atoms with van der Waals surface area (Å²) >= 11 is 0. The molecule has 21 heavy (non-hydrogen) atoms. The summed E-state index contributed by atoms with van der Waals surface area (Å²) in [6, 6.07) is 6.53. The van der Waals surface area contributed by atoms with E-state index in [0.717, 1.165) is 23.5 Å². The van der Waals surface area contributed by atoms with Crippen LogP contribution in [0.5, 0.6) is 11.5 Å². The van der Waals surface area contributed by atoms with Crippen LogP contribution in [0, 0.1) is 5.92 Å². The molecule has 0 radical (unpaired) electrons. The normalized spacial score (nSPS) is 14.3. The van der Waals surface area contributed by atoms with Crippen molar-refractivity contribution < 1.29 is 9.47 Å². The molecule has 0 spiro atoms. The summed E-state index contributed by atoms with van der Waals surface area (Å²) in [5, 5.41) is 0. The average molecular weight is 294 g/mol. The van der Waals surface area contributed by atoms with Crippen molar-refractivity contribution in [3.63, 3.8) is 0 Å². The molecule has 2 atom stereocenters. The Balaban J connectivity index is 3.03. The highest BCUT2D eigenvalue weighted by Crippen LogP contribution is 2.33. The number of ether oxygens (including phenoxy) is 2. The third-order valence-corrected chi connectivity index (χ3v) is 4.02. The number of methoxy groups -OCH3 is 2. The molecule has 0 fully saturated rings. The van der Waals surface area contributed by atoms with Crippen molar-refractivity contribution in [3.05, 3.63) is 23.8 Å². The van der Waals surface area contributed by atoms with Crippen LogP contribution in [-0.4, -0.2) is 38.8 Å². The number of nitrogens with zero attached hydrogens (tertiary/aromatic N) is 1. The van der Waals surface area contributed by atoms with Crippen LogP contribution in [0.2, 0.25) is 0 Å². The maximum Gasteiger partial charge on any atom is 0.127 e. The lowest BCUT2D eigenvalue weighted by atomic mass is 9.99. The summed E-state index contributed by atoms with van der Waals surface area (Å²) < 4.78 is 10.8. The fourth-order valence-corrected chi connectivity index (χ4v) is 2.76. The third kappa shape index (κ3) is 4.61. The van der Waals surface area contributed by atoms with Crippen LogP contribution in [0.1, 0.15) is 38.8 Å². The van der Waals surface area contributed by atoms with Crippen LogP contribution in [0.25, 0.3) is 0 Å². The van der Waals surface area contributed by atoms with E-state index in [2.05, 4.69) is 32.7 Å². The van der Waals surface area contributed by atoms with Crippen LogP contribution < -0.4 is 15.2 Å². The van der Waals surface area contributed by atoms with E-state index >= 15 is 0 Å². The first-order valence-corrected chi connectivity index (χ1v) is 7.58. The highest BCUT2D eigenvalue weighted by atomic mass is 16.5. The van der Waals surface area contributed by atoms with Gasteiger partial charge in [0.2, 0.25) is 0 Å². The first-order valence-electron chi connectivity index (χ1n) is 7.58. The van der Waals surface area contributed by atoms with Gasteiger partial charge in [0.1, 0.15) is 11.5 Å². The molecule has 0 aliphatic rings. The van der Waals surface area contributed by atoms with Gasteiger partial charge in [0, 0.05) is 24.2 Å². The largest absolute Gasteiger partial charge is 0.497 e. The lowest BCUT2D eigenvalue weighted by Crippen LogP contribution is -2.37. The van der Waals surface area contributed by atoms with Gasteiger partial charge in [-0.3, -0.25) is 4.90 Å². The Kier molecular flexibility index (Phi) is 6.99. The van der Waals surface area contributed by atoms with Crippen molar-refractivity contribution in [2.24, 2.45) is 11.7 Å². The number of benzene rings is 1. The zero-order valence-corrected chi connectivity index (χ0v) is 14.2. The Hall–Kier alpha value is -1.26. The van der Waals surface area contributed by atoms with E-state index in [9.17, 15) is 0 Å². The molecule has 0 heterocycles. The molecule has 1 aromatic carbocycles. The molecule has 0 amide bonds. The van der Waals surface area contributed by atoms with Crippen molar-refractivity contribution in [2.75, 3.05) is 27.8 Å². The molecule has 0 saturated carbocycles. The molecule has 0 bridgehead atoms. The van der Waals surface area contributed by atoms with Gasteiger partial charge in [0.25, 0.3) is 0 Å². The zero-order valence-electron chi connectivity index (χ0n) is 14.2. The van der Waals surface area contributed by atoms with E-state index in [1.165, 1.54) is 0 Å². The maximum atomic E-state index is 6.04. The van der Waals surface area contributed by atoms with Crippen molar-refractivity contribution in [1.82, 2.24) is 4.90 Å². The van der Waals surface area contributed by atoms with Gasteiger partial charge in [-0.2, -0.15) is 0 Å². The smallest absolute Gasteiger partial charge is 0.127 e. The second-order valence-electron chi connectivity index (χ2n) is 6.00. The molecule has 4 heteroatoms. The predicted octanol–water partition coefficient (Wildman–Crippen LogP) is 3.07. The van der Waals surface area contributed by atoms with Crippen molar-refractivity contribution in [2.45, 2.75) is 39.3 Å². The SMILES string of the molecule is COc1ccc(C(CN)N(C)C(C)CC(C)C)c(OC)c1. The Morgan fingerprint density at radius 2 is 1.81 bits per heavy atom. The summed E-state index contributed by atoms with van der Waals surface area (Å²) in [4.78, 5) is 2.34. The van der Waals surface area contributed by atoms with Crippen LogP contribution >= 0.6 is 0 Å². The van der Waals surface area contributed by atoms with Gasteiger partial charge in [0.05, 0.1) is 20.3 Å². The van der Waals surface area contributed by atoms with E-state index in [0.29, 0.717) is 18.5 Å². The van der Waals surface area contributed by atoms with Crippen molar-refractivity contribution in [3.8, 4) is 11.5 Å². The average Bonchev–Trinajstić information content (AvgIpc) is 2.47. The van der Waals surface area contributed by atoms with Crippen LogP contribution in [0.3, 0.4) is 0 Å². The van der Waals surface area contributed by atoms with E-state index in [1.807, 2.05) is 18.2 Å². The molecule has 0 aliphatic carbocycles. The fourth-order valence-electron chi connectivity index (χ4n) is 2.76. The topological polar surface area (TPSA) is 47.7 Å². The van der Waals surface area contributed by atoms with Gasteiger partial charge in [-0.15, -0.1) is 0 Å². The first kappa shape index (κ1) is 17.8. The minimum Gasteiger partial charge on any atom is -0.497 e. The molecule has 1 rings (SSSR count).